The van der Waals surface area contributed by atoms with Crippen LogP contribution in [0.15, 0.2) is 24.3 Å². The van der Waals surface area contributed by atoms with E-state index in [1.165, 1.54) is 11.0 Å². The number of carbonyl (C=O) groups is 2. The van der Waals surface area contributed by atoms with Crippen LogP contribution in [0.3, 0.4) is 0 Å². The Balaban J connectivity index is 1.83. The van der Waals surface area contributed by atoms with E-state index in [-0.39, 0.29) is 49.9 Å². The summed E-state index contributed by atoms with van der Waals surface area (Å²) in [6.07, 6.45) is 0.0502. The second kappa shape index (κ2) is 8.53. The maximum absolute atomic E-state index is 14.6. The minimum absolute atomic E-state index is 0.00829. The molecule has 2 aliphatic heterocycles. The van der Waals surface area contributed by atoms with E-state index >= 15 is 0 Å². The Labute approximate surface area is 177 Å². The summed E-state index contributed by atoms with van der Waals surface area (Å²) in [4.78, 5) is 28.9. The zero-order valence-corrected chi connectivity index (χ0v) is 18.5. The molecule has 0 radical (unpaired) electrons. The third-order valence-electron chi connectivity index (χ3n) is 5.48. The molecule has 2 amide bonds. The molecule has 0 N–H and O–H groups in total. The predicted octanol–water partition coefficient (Wildman–Crippen LogP) is 2.77. The van der Waals surface area contributed by atoms with Crippen LogP contribution in [0.1, 0.15) is 45.2 Å². The fourth-order valence-electron chi connectivity index (χ4n) is 3.92. The quantitative estimate of drug-likeness (QED) is 0.706. The molecule has 0 aromatic heterocycles. The highest BCUT2D eigenvalue weighted by Gasteiger charge is 2.39. The van der Waals surface area contributed by atoms with Gasteiger partial charge in [0.25, 0.3) is 0 Å². The Morgan fingerprint density at radius 1 is 1.10 bits per heavy atom. The van der Waals surface area contributed by atoms with E-state index < -0.39 is 39.3 Å². The summed E-state index contributed by atoms with van der Waals surface area (Å²) in [5.74, 6) is -1.05. The average molecular weight is 441 g/mol. The highest BCUT2D eigenvalue weighted by molar-refractivity contribution is 7.91. The first-order valence-electron chi connectivity index (χ1n) is 10.2. The van der Waals surface area contributed by atoms with Crippen molar-refractivity contribution < 1.29 is 27.1 Å². The molecular formula is C21H29FN2O5S. The lowest BCUT2D eigenvalue weighted by atomic mass is 9.96. The number of amides is 2. The second-order valence-corrected chi connectivity index (χ2v) is 11.2. The smallest absolute Gasteiger partial charge is 0.410 e. The third-order valence-corrected chi connectivity index (χ3v) is 7.20. The van der Waals surface area contributed by atoms with Crippen molar-refractivity contribution in [3.8, 4) is 0 Å². The minimum Gasteiger partial charge on any atom is -0.444 e. The van der Waals surface area contributed by atoms with Gasteiger partial charge < -0.3 is 14.5 Å². The van der Waals surface area contributed by atoms with Crippen LogP contribution in [0.5, 0.6) is 0 Å². The Hall–Kier alpha value is -2.16. The molecule has 0 bridgehead atoms. The molecule has 9 heteroatoms. The summed E-state index contributed by atoms with van der Waals surface area (Å²) in [5.41, 5.74) is -0.326. The van der Waals surface area contributed by atoms with Crippen molar-refractivity contribution in [1.29, 1.82) is 0 Å². The summed E-state index contributed by atoms with van der Waals surface area (Å²) in [7, 11) is -3.09. The molecule has 2 heterocycles. The molecule has 30 heavy (non-hydrogen) atoms. The fourth-order valence-corrected chi connectivity index (χ4v) is 5.41. The van der Waals surface area contributed by atoms with Crippen LogP contribution < -0.4 is 0 Å². The van der Waals surface area contributed by atoms with E-state index in [4.69, 9.17) is 4.74 Å². The van der Waals surface area contributed by atoms with Crippen molar-refractivity contribution in [3.63, 3.8) is 0 Å². The number of rotatable bonds is 2. The Morgan fingerprint density at radius 3 is 2.33 bits per heavy atom. The van der Waals surface area contributed by atoms with E-state index in [0.29, 0.717) is 5.56 Å². The van der Waals surface area contributed by atoms with Gasteiger partial charge in [-0.1, -0.05) is 18.2 Å². The topological polar surface area (TPSA) is 84.0 Å². The lowest BCUT2D eigenvalue weighted by Gasteiger charge is -2.43. The number of piperazine rings is 1. The standard InChI is InChI=1S/C21H29FN2O5S/c1-21(2,3)29-20(26)23-10-11-24(18(14-23)16-6-4-5-7-17(16)22)19(25)15-8-12-30(27,28)13-9-15/h4-7,15,18H,8-14H2,1-3H3. The van der Waals surface area contributed by atoms with Crippen molar-refractivity contribution in [2.45, 2.75) is 45.3 Å². The monoisotopic (exact) mass is 440 g/mol. The molecule has 1 aromatic rings. The van der Waals surface area contributed by atoms with Crippen LogP contribution in [0.4, 0.5) is 9.18 Å². The third kappa shape index (κ3) is 5.30. The number of ether oxygens (including phenoxy) is 1. The lowest BCUT2D eigenvalue weighted by Crippen LogP contribution is -2.55. The van der Waals surface area contributed by atoms with Gasteiger partial charge in [0.15, 0.2) is 0 Å². The first-order valence-corrected chi connectivity index (χ1v) is 12.0. The average Bonchev–Trinajstić information content (AvgIpc) is 2.66. The molecule has 0 aliphatic carbocycles. The fraction of sp³-hybridized carbons (Fsp3) is 0.619. The van der Waals surface area contributed by atoms with Gasteiger partial charge in [0.2, 0.25) is 5.91 Å². The van der Waals surface area contributed by atoms with Crippen molar-refractivity contribution in [2.24, 2.45) is 5.92 Å². The van der Waals surface area contributed by atoms with Crippen LogP contribution in [0, 0.1) is 11.7 Å². The van der Waals surface area contributed by atoms with Gasteiger partial charge in [-0.25, -0.2) is 17.6 Å². The molecule has 3 rings (SSSR count). The number of hydrogen-bond donors (Lipinski definition) is 0. The van der Waals surface area contributed by atoms with Crippen molar-refractivity contribution in [1.82, 2.24) is 9.80 Å². The molecule has 1 aromatic carbocycles. The number of halogens is 1. The molecule has 7 nitrogen and oxygen atoms in total. The molecule has 2 aliphatic rings. The first kappa shape index (κ1) is 22.5. The molecule has 2 fully saturated rings. The zero-order valence-electron chi connectivity index (χ0n) is 17.6. The van der Waals surface area contributed by atoms with Gasteiger partial charge in [-0.3, -0.25) is 4.79 Å². The maximum Gasteiger partial charge on any atom is 0.410 e. The van der Waals surface area contributed by atoms with Crippen molar-refractivity contribution in [2.75, 3.05) is 31.1 Å². The number of carbonyl (C=O) groups excluding carboxylic acids is 2. The van der Waals surface area contributed by atoms with Gasteiger partial charge >= 0.3 is 6.09 Å². The minimum atomic E-state index is -3.09. The Bertz CT molecular complexity index is 898. The highest BCUT2D eigenvalue weighted by Crippen LogP contribution is 2.32. The van der Waals surface area contributed by atoms with Crippen LogP contribution in [-0.2, 0) is 19.4 Å². The molecule has 2 saturated heterocycles. The van der Waals surface area contributed by atoms with Gasteiger partial charge in [-0.15, -0.1) is 0 Å². The van der Waals surface area contributed by atoms with Gasteiger partial charge in [-0.2, -0.15) is 0 Å². The second-order valence-electron chi connectivity index (χ2n) is 8.92. The van der Waals surface area contributed by atoms with Gasteiger partial charge in [0.1, 0.15) is 21.3 Å². The zero-order chi connectivity index (χ0) is 22.1. The van der Waals surface area contributed by atoms with Crippen LogP contribution in [-0.4, -0.2) is 67.0 Å². The maximum atomic E-state index is 14.6. The predicted molar refractivity (Wildman–Crippen MR) is 110 cm³/mol. The lowest BCUT2D eigenvalue weighted by molar-refractivity contribution is -0.141. The normalized spacial score (nSPS) is 22.6. The van der Waals surface area contributed by atoms with Crippen LogP contribution in [0.25, 0.3) is 0 Å². The van der Waals surface area contributed by atoms with Crippen molar-refractivity contribution >= 4 is 21.8 Å². The number of nitrogens with zero attached hydrogens (tertiary/aromatic N) is 2. The Morgan fingerprint density at radius 2 is 1.73 bits per heavy atom. The molecule has 0 spiro atoms. The van der Waals surface area contributed by atoms with E-state index in [9.17, 15) is 22.4 Å². The molecule has 166 valence electrons. The van der Waals surface area contributed by atoms with Crippen LogP contribution >= 0.6 is 0 Å². The van der Waals surface area contributed by atoms with Gasteiger partial charge in [0.05, 0.1) is 17.5 Å². The molecule has 0 saturated carbocycles. The summed E-state index contributed by atoms with van der Waals surface area (Å²) < 4.78 is 43.5. The van der Waals surface area contributed by atoms with Gasteiger partial charge in [-0.05, 0) is 39.7 Å². The first-order chi connectivity index (χ1) is 14.0. The number of benzene rings is 1. The largest absolute Gasteiger partial charge is 0.444 e. The summed E-state index contributed by atoms with van der Waals surface area (Å²) in [6.45, 7) is 5.95. The number of hydrogen-bond acceptors (Lipinski definition) is 5. The molecule has 1 atom stereocenters. The summed E-state index contributed by atoms with van der Waals surface area (Å²) >= 11 is 0. The van der Waals surface area contributed by atoms with Crippen LogP contribution in [0.2, 0.25) is 0 Å². The molecule has 1 unspecified atom stereocenters. The van der Waals surface area contributed by atoms with Gasteiger partial charge in [0, 0.05) is 31.1 Å². The summed E-state index contributed by atoms with van der Waals surface area (Å²) in [5, 5.41) is 0. The van der Waals surface area contributed by atoms with E-state index in [1.807, 2.05) is 0 Å². The molecular weight excluding hydrogens is 411 g/mol. The van der Waals surface area contributed by atoms with Crippen molar-refractivity contribution in [3.05, 3.63) is 35.6 Å². The Kier molecular flexibility index (Phi) is 6.40. The SMILES string of the molecule is CC(C)(C)OC(=O)N1CCN(C(=O)C2CCS(=O)(=O)CC2)C(c2ccccc2F)C1. The number of sulfone groups is 1. The summed E-state index contributed by atoms with van der Waals surface area (Å²) in [6, 6.07) is 5.56. The van der Waals surface area contributed by atoms with E-state index in [1.54, 1.807) is 43.9 Å². The highest BCUT2D eigenvalue weighted by atomic mass is 32.2. The van der Waals surface area contributed by atoms with E-state index in [2.05, 4.69) is 0 Å². The van der Waals surface area contributed by atoms with E-state index in [0.717, 1.165) is 0 Å².